The van der Waals surface area contributed by atoms with Crippen molar-refractivity contribution in [1.29, 1.82) is 0 Å². The lowest BCUT2D eigenvalue weighted by Crippen LogP contribution is -1.99. The molecule has 0 spiro atoms. The van der Waals surface area contributed by atoms with Gasteiger partial charge in [0.05, 0.1) is 18.3 Å². The molecule has 0 radical (unpaired) electrons. The van der Waals surface area contributed by atoms with Crippen LogP contribution in [-0.2, 0) is 18.4 Å². The first kappa shape index (κ1) is 17.2. The lowest BCUT2D eigenvalue weighted by Gasteiger charge is -2.10. The Morgan fingerprint density at radius 2 is 1.78 bits per heavy atom. The van der Waals surface area contributed by atoms with Crippen LogP contribution in [0.1, 0.15) is 5.82 Å². The number of rotatable bonds is 5. The van der Waals surface area contributed by atoms with E-state index in [4.69, 9.17) is 14.5 Å². The minimum atomic E-state index is 0.437. The van der Waals surface area contributed by atoms with Crippen LogP contribution in [-0.4, -0.2) is 33.7 Å². The molecule has 0 amide bonds. The van der Waals surface area contributed by atoms with Gasteiger partial charge in [-0.25, -0.2) is 15.0 Å². The van der Waals surface area contributed by atoms with E-state index in [1.54, 1.807) is 20.4 Å². The summed E-state index contributed by atoms with van der Waals surface area (Å²) in [6, 6.07) is 16.1. The standard InChI is InChI=1S/C21H20N4O2/c1-25-17-11-16(15-9-10-19(27-3)22-12-15)20(14-7-5-4-6-8-14)24-21(17)23-18(25)13-26-2/h4-12H,13H2,1-3H3. The van der Waals surface area contributed by atoms with Gasteiger partial charge in [0.25, 0.3) is 0 Å². The number of methoxy groups -OCH3 is 2. The van der Waals surface area contributed by atoms with E-state index in [0.29, 0.717) is 18.1 Å². The monoisotopic (exact) mass is 360 g/mol. The summed E-state index contributed by atoms with van der Waals surface area (Å²) in [6.07, 6.45) is 1.81. The van der Waals surface area contributed by atoms with E-state index in [0.717, 1.165) is 33.7 Å². The highest BCUT2D eigenvalue weighted by Gasteiger charge is 2.16. The third-order valence-corrected chi connectivity index (χ3v) is 4.54. The molecule has 0 saturated carbocycles. The molecule has 0 unspecified atom stereocenters. The molecule has 6 nitrogen and oxygen atoms in total. The van der Waals surface area contributed by atoms with Gasteiger partial charge in [0.2, 0.25) is 5.88 Å². The zero-order chi connectivity index (χ0) is 18.8. The summed E-state index contributed by atoms with van der Waals surface area (Å²) >= 11 is 0. The van der Waals surface area contributed by atoms with Gasteiger partial charge in [-0.3, -0.25) is 0 Å². The highest BCUT2D eigenvalue weighted by Crippen LogP contribution is 2.33. The molecule has 3 heterocycles. The highest BCUT2D eigenvalue weighted by atomic mass is 16.5. The van der Waals surface area contributed by atoms with Crippen molar-refractivity contribution in [3.63, 3.8) is 0 Å². The minimum Gasteiger partial charge on any atom is -0.481 e. The Hall–Kier alpha value is -3.25. The largest absolute Gasteiger partial charge is 0.481 e. The average molecular weight is 360 g/mol. The first-order valence-electron chi connectivity index (χ1n) is 8.62. The number of hydrogen-bond donors (Lipinski definition) is 0. The van der Waals surface area contributed by atoms with Crippen molar-refractivity contribution in [3.05, 3.63) is 60.6 Å². The summed E-state index contributed by atoms with van der Waals surface area (Å²) in [5, 5.41) is 0. The molecule has 136 valence electrons. The van der Waals surface area contributed by atoms with Gasteiger partial charge >= 0.3 is 0 Å². The van der Waals surface area contributed by atoms with Crippen LogP contribution < -0.4 is 4.74 Å². The van der Waals surface area contributed by atoms with Gasteiger partial charge in [-0.15, -0.1) is 0 Å². The van der Waals surface area contributed by atoms with Crippen LogP contribution in [0.15, 0.2) is 54.7 Å². The van der Waals surface area contributed by atoms with Gasteiger partial charge in [-0.2, -0.15) is 0 Å². The number of hydrogen-bond acceptors (Lipinski definition) is 5. The van der Waals surface area contributed by atoms with Crippen LogP contribution in [0.3, 0.4) is 0 Å². The summed E-state index contributed by atoms with van der Waals surface area (Å²) in [6.45, 7) is 0.437. The summed E-state index contributed by atoms with van der Waals surface area (Å²) in [5.74, 6) is 1.42. The van der Waals surface area contributed by atoms with E-state index >= 15 is 0 Å². The molecule has 0 aliphatic rings. The summed E-state index contributed by atoms with van der Waals surface area (Å²) in [4.78, 5) is 13.9. The molecule has 1 aromatic carbocycles. The molecule has 0 aliphatic heterocycles. The van der Waals surface area contributed by atoms with E-state index in [1.807, 2.05) is 54.1 Å². The second-order valence-corrected chi connectivity index (χ2v) is 6.20. The lowest BCUT2D eigenvalue weighted by molar-refractivity contribution is 0.176. The summed E-state index contributed by atoms with van der Waals surface area (Å²) < 4.78 is 12.5. The molecular weight excluding hydrogens is 340 g/mol. The van der Waals surface area contributed by atoms with Crippen molar-refractivity contribution in [3.8, 4) is 28.3 Å². The van der Waals surface area contributed by atoms with Crippen LogP contribution in [0.4, 0.5) is 0 Å². The number of imidazole rings is 1. The Balaban J connectivity index is 1.96. The SMILES string of the molecule is COCc1nc2nc(-c3ccccc3)c(-c3ccc(OC)nc3)cc2n1C. The number of ether oxygens (including phenoxy) is 2. The van der Waals surface area contributed by atoms with Crippen LogP contribution in [0.2, 0.25) is 0 Å². The smallest absolute Gasteiger partial charge is 0.212 e. The first-order valence-corrected chi connectivity index (χ1v) is 8.62. The Labute approximate surface area is 157 Å². The molecule has 3 aromatic heterocycles. The third kappa shape index (κ3) is 3.15. The Bertz CT molecular complexity index is 1070. The fourth-order valence-electron chi connectivity index (χ4n) is 3.11. The molecule has 4 aromatic rings. The molecule has 0 aliphatic carbocycles. The fraction of sp³-hybridized carbons (Fsp3) is 0.190. The second kappa shape index (κ2) is 7.17. The Morgan fingerprint density at radius 3 is 2.44 bits per heavy atom. The average Bonchev–Trinajstić information content (AvgIpc) is 3.03. The molecule has 0 bridgehead atoms. The van der Waals surface area contributed by atoms with Crippen LogP contribution in [0.5, 0.6) is 5.88 Å². The number of fused-ring (bicyclic) bond motifs is 1. The Kier molecular flexibility index (Phi) is 4.56. The van der Waals surface area contributed by atoms with Gasteiger partial charge in [0, 0.05) is 43.1 Å². The van der Waals surface area contributed by atoms with Gasteiger partial charge < -0.3 is 14.0 Å². The molecule has 6 heteroatoms. The zero-order valence-electron chi connectivity index (χ0n) is 15.5. The number of aromatic nitrogens is 4. The third-order valence-electron chi connectivity index (χ3n) is 4.54. The number of aryl methyl sites for hydroxylation is 1. The molecule has 0 atom stereocenters. The van der Waals surface area contributed by atoms with E-state index in [2.05, 4.69) is 16.0 Å². The van der Waals surface area contributed by atoms with Crippen molar-refractivity contribution < 1.29 is 9.47 Å². The van der Waals surface area contributed by atoms with Crippen molar-refractivity contribution in [2.45, 2.75) is 6.61 Å². The van der Waals surface area contributed by atoms with Gasteiger partial charge in [0.15, 0.2) is 5.65 Å². The van der Waals surface area contributed by atoms with Gasteiger partial charge in [-0.05, 0) is 12.1 Å². The van der Waals surface area contributed by atoms with Gasteiger partial charge in [0.1, 0.15) is 12.4 Å². The minimum absolute atomic E-state index is 0.437. The van der Waals surface area contributed by atoms with Crippen molar-refractivity contribution in [2.75, 3.05) is 14.2 Å². The van der Waals surface area contributed by atoms with Gasteiger partial charge in [-0.1, -0.05) is 30.3 Å². The molecule has 27 heavy (non-hydrogen) atoms. The van der Waals surface area contributed by atoms with Crippen molar-refractivity contribution in [2.24, 2.45) is 7.05 Å². The maximum absolute atomic E-state index is 5.26. The summed E-state index contributed by atoms with van der Waals surface area (Å²) in [5.41, 5.74) is 5.52. The molecule has 0 N–H and O–H groups in total. The number of pyridine rings is 2. The summed E-state index contributed by atoms with van der Waals surface area (Å²) in [7, 11) is 5.25. The lowest BCUT2D eigenvalue weighted by atomic mass is 10.0. The molecule has 4 rings (SSSR count). The van der Waals surface area contributed by atoms with E-state index < -0.39 is 0 Å². The highest BCUT2D eigenvalue weighted by molar-refractivity contribution is 5.89. The fourth-order valence-corrected chi connectivity index (χ4v) is 3.11. The maximum Gasteiger partial charge on any atom is 0.212 e. The van der Waals surface area contributed by atoms with E-state index in [1.165, 1.54) is 0 Å². The Morgan fingerprint density at radius 1 is 0.963 bits per heavy atom. The van der Waals surface area contributed by atoms with Crippen LogP contribution >= 0.6 is 0 Å². The predicted octanol–water partition coefficient (Wildman–Crippen LogP) is 3.85. The normalized spacial score (nSPS) is 11.1. The first-order chi connectivity index (χ1) is 13.2. The molecule has 0 fully saturated rings. The van der Waals surface area contributed by atoms with Crippen LogP contribution in [0.25, 0.3) is 33.5 Å². The van der Waals surface area contributed by atoms with Crippen LogP contribution in [0, 0.1) is 0 Å². The maximum atomic E-state index is 5.26. The van der Waals surface area contributed by atoms with Crippen molar-refractivity contribution >= 4 is 11.2 Å². The predicted molar refractivity (Wildman–Crippen MR) is 104 cm³/mol. The number of benzene rings is 1. The van der Waals surface area contributed by atoms with E-state index in [-0.39, 0.29) is 0 Å². The van der Waals surface area contributed by atoms with E-state index in [9.17, 15) is 0 Å². The molecule has 0 saturated heterocycles. The topological polar surface area (TPSA) is 62.1 Å². The quantitative estimate of drug-likeness (QED) is 0.541. The van der Waals surface area contributed by atoms with Crippen molar-refractivity contribution in [1.82, 2.24) is 19.5 Å². The number of nitrogens with zero attached hydrogens (tertiary/aromatic N) is 4. The zero-order valence-corrected chi connectivity index (χ0v) is 15.5. The molecular formula is C21H20N4O2. The second-order valence-electron chi connectivity index (χ2n) is 6.20.